The van der Waals surface area contributed by atoms with Crippen LogP contribution in [-0.2, 0) is 6.54 Å². The molecule has 1 aliphatic rings. The molecule has 2 N–H and O–H groups in total. The zero-order chi connectivity index (χ0) is 10.8. The van der Waals surface area contributed by atoms with Crippen LogP contribution >= 0.6 is 28.3 Å². The first-order valence-corrected chi connectivity index (χ1v) is 5.86. The molecule has 1 aromatic carbocycles. The molecule has 0 spiro atoms. The molecule has 2 nitrogen and oxygen atoms in total. The van der Waals surface area contributed by atoms with Crippen LogP contribution in [0.15, 0.2) is 22.7 Å². The predicted octanol–water partition coefficient (Wildman–Crippen LogP) is 2.54. The minimum atomic E-state index is -0.192. The normalized spacial score (nSPS) is 20.8. The van der Waals surface area contributed by atoms with E-state index in [9.17, 15) is 4.39 Å². The summed E-state index contributed by atoms with van der Waals surface area (Å²) in [6.45, 7) is 2.70. The molecule has 0 saturated carbocycles. The van der Waals surface area contributed by atoms with Gasteiger partial charge in [-0.25, -0.2) is 4.39 Å². The number of rotatable bonds is 2. The van der Waals surface area contributed by atoms with Crippen LogP contribution in [0.4, 0.5) is 4.39 Å². The number of hydrogen-bond acceptors (Lipinski definition) is 2. The monoisotopic (exact) mass is 308 g/mol. The average Bonchev–Trinajstić information content (AvgIpc) is 2.49. The third kappa shape index (κ3) is 3.70. The molecular weight excluding hydrogens is 294 g/mol. The molecule has 0 radical (unpaired) electrons. The quantitative estimate of drug-likeness (QED) is 0.910. The van der Waals surface area contributed by atoms with Gasteiger partial charge in [0.25, 0.3) is 0 Å². The molecule has 16 heavy (non-hydrogen) atoms. The summed E-state index contributed by atoms with van der Waals surface area (Å²) >= 11 is 3.29. The Bertz CT molecular complexity index is 342. The molecule has 0 amide bonds. The van der Waals surface area contributed by atoms with Crippen LogP contribution in [0.1, 0.15) is 12.0 Å². The maximum atomic E-state index is 13.1. The smallest absolute Gasteiger partial charge is 0.124 e. The zero-order valence-electron chi connectivity index (χ0n) is 8.83. The van der Waals surface area contributed by atoms with E-state index >= 15 is 0 Å². The van der Waals surface area contributed by atoms with Crippen LogP contribution in [0.2, 0.25) is 0 Å². The van der Waals surface area contributed by atoms with E-state index in [1.807, 2.05) is 6.07 Å². The Balaban J connectivity index is 0.00000128. The number of halogens is 3. The molecule has 1 heterocycles. The highest BCUT2D eigenvalue weighted by Crippen LogP contribution is 2.18. The van der Waals surface area contributed by atoms with E-state index in [1.54, 1.807) is 6.07 Å². The molecule has 1 saturated heterocycles. The van der Waals surface area contributed by atoms with Crippen molar-refractivity contribution in [2.45, 2.75) is 19.0 Å². The van der Waals surface area contributed by atoms with E-state index < -0.39 is 0 Å². The van der Waals surface area contributed by atoms with Gasteiger partial charge >= 0.3 is 0 Å². The summed E-state index contributed by atoms with van der Waals surface area (Å²) in [5.74, 6) is -0.192. The topological polar surface area (TPSA) is 29.3 Å². The van der Waals surface area contributed by atoms with Crippen LogP contribution in [0.3, 0.4) is 0 Å². The van der Waals surface area contributed by atoms with E-state index in [0.717, 1.165) is 36.1 Å². The number of hydrogen-bond donors (Lipinski definition) is 1. The standard InChI is InChI=1S/C11H14BrFN2.ClH/c12-9-3-8(4-10(13)5-9)6-15-2-1-11(14)7-15;/h3-5,11H,1-2,6-7,14H2;1H. The highest BCUT2D eigenvalue weighted by Gasteiger charge is 2.18. The van der Waals surface area contributed by atoms with Gasteiger partial charge in [0.05, 0.1) is 0 Å². The third-order valence-corrected chi connectivity index (χ3v) is 3.10. The molecule has 1 aliphatic heterocycles. The van der Waals surface area contributed by atoms with E-state index in [-0.39, 0.29) is 24.3 Å². The molecular formula is C11H15BrClFN2. The summed E-state index contributed by atoms with van der Waals surface area (Å²) in [5.41, 5.74) is 6.81. The van der Waals surface area contributed by atoms with Crippen molar-refractivity contribution in [3.8, 4) is 0 Å². The number of nitrogens with two attached hydrogens (primary N) is 1. The van der Waals surface area contributed by atoms with Crippen molar-refractivity contribution < 1.29 is 4.39 Å². The lowest BCUT2D eigenvalue weighted by Crippen LogP contribution is -2.26. The van der Waals surface area contributed by atoms with Crippen molar-refractivity contribution in [3.63, 3.8) is 0 Å². The van der Waals surface area contributed by atoms with Gasteiger partial charge in [-0.3, -0.25) is 4.90 Å². The summed E-state index contributed by atoms with van der Waals surface area (Å²) in [6, 6.07) is 5.28. The Morgan fingerprint density at radius 3 is 2.75 bits per heavy atom. The van der Waals surface area contributed by atoms with Crippen molar-refractivity contribution in [1.29, 1.82) is 0 Å². The van der Waals surface area contributed by atoms with Crippen molar-refractivity contribution in [2.24, 2.45) is 5.73 Å². The van der Waals surface area contributed by atoms with Crippen LogP contribution in [0.25, 0.3) is 0 Å². The van der Waals surface area contributed by atoms with E-state index in [0.29, 0.717) is 0 Å². The number of nitrogens with zero attached hydrogens (tertiary/aromatic N) is 1. The van der Waals surface area contributed by atoms with Crippen LogP contribution in [-0.4, -0.2) is 24.0 Å². The van der Waals surface area contributed by atoms with E-state index in [4.69, 9.17) is 5.73 Å². The summed E-state index contributed by atoms with van der Waals surface area (Å²) in [6.07, 6.45) is 1.04. The highest BCUT2D eigenvalue weighted by molar-refractivity contribution is 9.10. The van der Waals surface area contributed by atoms with Crippen molar-refractivity contribution in [3.05, 3.63) is 34.1 Å². The zero-order valence-corrected chi connectivity index (χ0v) is 11.2. The maximum absolute atomic E-state index is 13.1. The lowest BCUT2D eigenvalue weighted by molar-refractivity contribution is 0.326. The molecule has 0 bridgehead atoms. The molecule has 2 rings (SSSR count). The molecule has 5 heteroatoms. The van der Waals surface area contributed by atoms with Crippen LogP contribution in [0, 0.1) is 5.82 Å². The summed E-state index contributed by atoms with van der Waals surface area (Å²) in [4.78, 5) is 2.26. The highest BCUT2D eigenvalue weighted by atomic mass is 79.9. The van der Waals surface area contributed by atoms with Gasteiger partial charge in [-0.2, -0.15) is 0 Å². The van der Waals surface area contributed by atoms with Gasteiger partial charge in [-0.05, 0) is 30.2 Å². The SMILES string of the molecule is Cl.NC1CCN(Cc2cc(F)cc(Br)c2)C1. The van der Waals surface area contributed by atoms with Gasteiger partial charge in [-0.1, -0.05) is 15.9 Å². The first-order chi connectivity index (χ1) is 7.13. The van der Waals surface area contributed by atoms with E-state index in [1.165, 1.54) is 6.07 Å². The Kier molecular flexibility index (Phi) is 5.18. The van der Waals surface area contributed by atoms with Gasteiger partial charge in [-0.15, -0.1) is 12.4 Å². The summed E-state index contributed by atoms with van der Waals surface area (Å²) in [7, 11) is 0. The molecule has 1 unspecified atom stereocenters. The average molecular weight is 310 g/mol. The first-order valence-electron chi connectivity index (χ1n) is 5.06. The Labute approximate surface area is 110 Å². The van der Waals surface area contributed by atoms with Gasteiger partial charge in [0.15, 0.2) is 0 Å². The molecule has 1 fully saturated rings. The second-order valence-electron chi connectivity index (χ2n) is 4.06. The van der Waals surface area contributed by atoms with Crippen LogP contribution in [0.5, 0.6) is 0 Å². The minimum absolute atomic E-state index is 0. The fourth-order valence-electron chi connectivity index (χ4n) is 1.97. The lowest BCUT2D eigenvalue weighted by atomic mass is 10.2. The summed E-state index contributed by atoms with van der Waals surface area (Å²) in [5, 5.41) is 0. The van der Waals surface area contributed by atoms with Crippen molar-refractivity contribution in [2.75, 3.05) is 13.1 Å². The van der Waals surface area contributed by atoms with Crippen molar-refractivity contribution >= 4 is 28.3 Å². The lowest BCUT2D eigenvalue weighted by Gasteiger charge is -2.15. The predicted molar refractivity (Wildman–Crippen MR) is 69.2 cm³/mol. The molecule has 1 aromatic rings. The van der Waals surface area contributed by atoms with Gasteiger partial charge in [0, 0.05) is 30.1 Å². The molecule has 0 aromatic heterocycles. The molecule has 90 valence electrons. The fourth-order valence-corrected chi connectivity index (χ4v) is 2.48. The number of benzene rings is 1. The molecule has 0 aliphatic carbocycles. The first kappa shape index (κ1) is 13.9. The van der Waals surface area contributed by atoms with Crippen molar-refractivity contribution in [1.82, 2.24) is 4.90 Å². The Hall–Kier alpha value is -0.160. The van der Waals surface area contributed by atoms with Gasteiger partial charge in [0.2, 0.25) is 0 Å². The van der Waals surface area contributed by atoms with Gasteiger partial charge < -0.3 is 5.73 Å². The third-order valence-electron chi connectivity index (χ3n) is 2.64. The second-order valence-corrected chi connectivity index (χ2v) is 4.98. The van der Waals surface area contributed by atoms with Gasteiger partial charge in [0.1, 0.15) is 5.82 Å². The van der Waals surface area contributed by atoms with E-state index in [2.05, 4.69) is 20.8 Å². The fraction of sp³-hybridized carbons (Fsp3) is 0.455. The number of likely N-dealkylation sites (tertiary alicyclic amines) is 1. The molecule has 1 atom stereocenters. The summed E-state index contributed by atoms with van der Waals surface area (Å²) < 4.78 is 13.9. The maximum Gasteiger partial charge on any atom is 0.124 e. The Morgan fingerprint density at radius 1 is 1.44 bits per heavy atom. The minimum Gasteiger partial charge on any atom is -0.326 e. The second kappa shape index (κ2) is 5.96. The Morgan fingerprint density at radius 2 is 2.19 bits per heavy atom. The van der Waals surface area contributed by atoms with Crippen LogP contribution < -0.4 is 5.73 Å². The largest absolute Gasteiger partial charge is 0.326 e.